The Morgan fingerprint density at radius 2 is 2.00 bits per heavy atom. The first kappa shape index (κ1) is 11.1. The number of hydrogen-bond acceptors (Lipinski definition) is 3. The zero-order chi connectivity index (χ0) is 12.4. The number of nitrogens with zero attached hydrogens (tertiary/aromatic N) is 1. The average molecular weight is 230 g/mol. The molecule has 1 aromatic carbocycles. The third kappa shape index (κ3) is 2.08. The number of carbonyl (C=O) groups excluding carboxylic acids is 1. The number of hydrogen-bond donors (Lipinski definition) is 2. The molecule has 0 spiro atoms. The lowest BCUT2D eigenvalue weighted by molar-refractivity contribution is -0.131. The Labute approximate surface area is 97.1 Å². The molecule has 0 atom stereocenters. The van der Waals surface area contributed by atoms with Crippen LogP contribution in [0.15, 0.2) is 30.5 Å². The minimum Gasteiger partial charge on any atom is -0.475 e. The number of aromatic amines is 1. The molecule has 5 nitrogen and oxygen atoms in total. The zero-order valence-corrected chi connectivity index (χ0v) is 9.10. The van der Waals surface area contributed by atoms with E-state index in [-0.39, 0.29) is 5.69 Å². The van der Waals surface area contributed by atoms with Crippen molar-refractivity contribution < 1.29 is 14.7 Å². The molecular formula is C12H10N2O3. The molecule has 17 heavy (non-hydrogen) atoms. The van der Waals surface area contributed by atoms with Gasteiger partial charge >= 0.3 is 5.97 Å². The van der Waals surface area contributed by atoms with Gasteiger partial charge in [-0.05, 0) is 12.5 Å². The van der Waals surface area contributed by atoms with Crippen LogP contribution in [0.3, 0.4) is 0 Å². The van der Waals surface area contributed by atoms with Gasteiger partial charge in [-0.1, -0.05) is 24.3 Å². The Morgan fingerprint density at radius 1 is 1.29 bits per heavy atom. The van der Waals surface area contributed by atoms with E-state index >= 15 is 0 Å². The van der Waals surface area contributed by atoms with E-state index in [4.69, 9.17) is 5.11 Å². The van der Waals surface area contributed by atoms with Crippen molar-refractivity contribution in [3.63, 3.8) is 0 Å². The van der Waals surface area contributed by atoms with Crippen LogP contribution in [0.25, 0.3) is 11.4 Å². The molecule has 1 aromatic heterocycles. The van der Waals surface area contributed by atoms with Crippen LogP contribution in [-0.4, -0.2) is 26.8 Å². The number of benzene rings is 1. The molecule has 0 saturated carbocycles. The molecule has 2 aromatic rings. The molecule has 0 bridgehead atoms. The molecule has 2 rings (SSSR count). The van der Waals surface area contributed by atoms with Crippen LogP contribution >= 0.6 is 0 Å². The fraction of sp³-hybridized carbons (Fsp3) is 0.0833. The standard InChI is InChI=1S/C12H10N2O3/c1-7-4-2-3-5-8(7)11-13-6-9(14-11)10(15)12(16)17/h2-6H,1H3,(H,13,14)(H,16,17). The number of aryl methyl sites for hydroxylation is 1. The number of aliphatic carboxylic acids is 1. The summed E-state index contributed by atoms with van der Waals surface area (Å²) in [6.07, 6.45) is 1.23. The number of carboxylic acid groups (broad SMARTS) is 1. The van der Waals surface area contributed by atoms with Crippen molar-refractivity contribution in [3.8, 4) is 11.4 Å². The maximum absolute atomic E-state index is 11.2. The van der Waals surface area contributed by atoms with E-state index in [0.717, 1.165) is 11.1 Å². The molecule has 5 heteroatoms. The smallest absolute Gasteiger partial charge is 0.378 e. The molecule has 0 unspecified atom stereocenters. The highest BCUT2D eigenvalue weighted by Gasteiger charge is 2.17. The van der Waals surface area contributed by atoms with E-state index in [0.29, 0.717) is 5.82 Å². The summed E-state index contributed by atoms with van der Waals surface area (Å²) in [6, 6.07) is 7.51. The monoisotopic (exact) mass is 230 g/mol. The number of aromatic nitrogens is 2. The Kier molecular flexibility index (Phi) is 2.74. The fourth-order valence-electron chi connectivity index (χ4n) is 1.53. The quantitative estimate of drug-likeness (QED) is 0.620. The van der Waals surface area contributed by atoms with Gasteiger partial charge in [0.15, 0.2) is 0 Å². The lowest BCUT2D eigenvalue weighted by Gasteiger charge is -2.00. The molecule has 86 valence electrons. The van der Waals surface area contributed by atoms with Gasteiger partial charge in [0.05, 0.1) is 6.20 Å². The maximum Gasteiger partial charge on any atom is 0.378 e. The number of H-pyrrole nitrogens is 1. The highest BCUT2D eigenvalue weighted by Crippen LogP contribution is 2.19. The number of nitrogens with one attached hydrogen (secondary N) is 1. The molecule has 0 aliphatic carbocycles. The molecule has 0 fully saturated rings. The van der Waals surface area contributed by atoms with E-state index in [1.807, 2.05) is 31.2 Å². The summed E-state index contributed by atoms with van der Waals surface area (Å²) >= 11 is 0. The number of carbonyl (C=O) groups is 2. The number of ketones is 1. The first-order chi connectivity index (χ1) is 8.09. The first-order valence-electron chi connectivity index (χ1n) is 4.98. The highest BCUT2D eigenvalue weighted by molar-refractivity contribution is 6.39. The molecule has 0 saturated heterocycles. The lowest BCUT2D eigenvalue weighted by Crippen LogP contribution is -2.12. The van der Waals surface area contributed by atoms with Crippen LogP contribution in [0.1, 0.15) is 16.1 Å². The minimum absolute atomic E-state index is 0.0178. The van der Waals surface area contributed by atoms with Gasteiger partial charge in [0.2, 0.25) is 0 Å². The predicted octanol–water partition coefficient (Wildman–Crippen LogP) is 1.65. The van der Waals surface area contributed by atoms with Crippen LogP contribution in [0.5, 0.6) is 0 Å². The fourth-order valence-corrected chi connectivity index (χ4v) is 1.53. The molecule has 1 heterocycles. The average Bonchev–Trinajstić information content (AvgIpc) is 2.77. The summed E-state index contributed by atoms with van der Waals surface area (Å²) in [6.45, 7) is 1.91. The van der Waals surface area contributed by atoms with Gasteiger partial charge in [0, 0.05) is 5.56 Å². The molecule has 2 N–H and O–H groups in total. The van der Waals surface area contributed by atoms with E-state index in [9.17, 15) is 9.59 Å². The van der Waals surface area contributed by atoms with Gasteiger partial charge in [0.1, 0.15) is 11.5 Å². The minimum atomic E-state index is -1.50. The van der Waals surface area contributed by atoms with E-state index < -0.39 is 11.8 Å². The van der Waals surface area contributed by atoms with Crippen LogP contribution < -0.4 is 0 Å². The molecule has 0 amide bonds. The Balaban J connectivity index is 2.40. The van der Waals surface area contributed by atoms with Crippen molar-refractivity contribution in [3.05, 3.63) is 41.7 Å². The molecule has 0 radical (unpaired) electrons. The summed E-state index contributed by atoms with van der Waals surface area (Å²) < 4.78 is 0. The normalized spacial score (nSPS) is 10.2. The van der Waals surface area contributed by atoms with Crippen molar-refractivity contribution in [2.75, 3.05) is 0 Å². The third-order valence-corrected chi connectivity index (χ3v) is 2.41. The van der Waals surface area contributed by atoms with Gasteiger partial charge in [-0.15, -0.1) is 0 Å². The third-order valence-electron chi connectivity index (χ3n) is 2.41. The zero-order valence-electron chi connectivity index (χ0n) is 9.10. The van der Waals surface area contributed by atoms with Gasteiger partial charge in [-0.3, -0.25) is 4.79 Å². The highest BCUT2D eigenvalue weighted by atomic mass is 16.4. The first-order valence-corrected chi connectivity index (χ1v) is 4.98. The predicted molar refractivity (Wildman–Crippen MR) is 60.7 cm³/mol. The topological polar surface area (TPSA) is 83.1 Å². The van der Waals surface area contributed by atoms with Crippen LogP contribution in [0.2, 0.25) is 0 Å². The van der Waals surface area contributed by atoms with Crippen LogP contribution in [-0.2, 0) is 4.79 Å². The molecule has 0 aliphatic rings. The van der Waals surface area contributed by atoms with Crippen molar-refractivity contribution in [1.29, 1.82) is 0 Å². The van der Waals surface area contributed by atoms with Crippen LogP contribution in [0.4, 0.5) is 0 Å². The summed E-state index contributed by atoms with van der Waals surface area (Å²) in [5.41, 5.74) is 1.82. The van der Waals surface area contributed by atoms with Crippen molar-refractivity contribution in [2.45, 2.75) is 6.92 Å². The van der Waals surface area contributed by atoms with Crippen molar-refractivity contribution in [2.24, 2.45) is 0 Å². The van der Waals surface area contributed by atoms with Crippen molar-refractivity contribution >= 4 is 11.8 Å². The second-order valence-electron chi connectivity index (χ2n) is 3.59. The number of imidazole rings is 1. The van der Waals surface area contributed by atoms with E-state index in [1.54, 1.807) is 0 Å². The lowest BCUT2D eigenvalue weighted by atomic mass is 10.1. The van der Waals surface area contributed by atoms with E-state index in [1.165, 1.54) is 6.20 Å². The number of Topliss-reactive ketones (excluding diaryl/α,β-unsaturated/α-hetero) is 1. The summed E-state index contributed by atoms with van der Waals surface area (Å²) in [7, 11) is 0. The number of carboxylic acids is 1. The largest absolute Gasteiger partial charge is 0.475 e. The second kappa shape index (κ2) is 4.21. The van der Waals surface area contributed by atoms with Gasteiger partial charge < -0.3 is 10.1 Å². The van der Waals surface area contributed by atoms with Crippen LogP contribution in [0, 0.1) is 6.92 Å². The summed E-state index contributed by atoms with van der Waals surface area (Å²) in [5, 5.41) is 8.57. The molecular weight excluding hydrogens is 220 g/mol. The summed E-state index contributed by atoms with van der Waals surface area (Å²) in [5.74, 6) is -1.99. The van der Waals surface area contributed by atoms with Crippen molar-refractivity contribution in [1.82, 2.24) is 9.97 Å². The SMILES string of the molecule is Cc1ccccc1-c1ncc(C(=O)C(=O)O)[nH]1. The number of rotatable bonds is 3. The summed E-state index contributed by atoms with van der Waals surface area (Å²) in [4.78, 5) is 28.4. The van der Waals surface area contributed by atoms with E-state index in [2.05, 4.69) is 9.97 Å². The van der Waals surface area contributed by atoms with Gasteiger partial charge in [-0.2, -0.15) is 0 Å². The second-order valence-corrected chi connectivity index (χ2v) is 3.59. The molecule has 0 aliphatic heterocycles. The Morgan fingerprint density at radius 3 is 2.65 bits per heavy atom. The van der Waals surface area contributed by atoms with Gasteiger partial charge in [0.25, 0.3) is 5.78 Å². The van der Waals surface area contributed by atoms with Gasteiger partial charge in [-0.25, -0.2) is 9.78 Å². The Hall–Kier alpha value is -2.43. The Bertz CT molecular complexity index is 587. The maximum atomic E-state index is 11.2.